The number of aromatic nitrogens is 1. The van der Waals surface area contributed by atoms with Crippen LogP contribution in [0.25, 0.3) is 27.1 Å². The second-order valence-electron chi connectivity index (χ2n) is 6.60. The number of aromatic hydroxyl groups is 1. The number of piperidine rings is 1. The molecule has 1 aliphatic rings. The second-order valence-corrected chi connectivity index (χ2v) is 7.52. The standard InChI is InChI=1S/C19H21N3O2S.CH4/c20-12-3-1-8-22(11-12)9-2-4-13-16(23)6-5-15-17(13)14-7-10-25-18(14)19(24)21-15;/h2,4-7,10,12,23H,1,3,8-9,11,20H2,(H,21,24);1H4/b4-2+;. The fourth-order valence-electron chi connectivity index (χ4n) is 3.61. The summed E-state index contributed by atoms with van der Waals surface area (Å²) in [4.78, 5) is 17.4. The summed E-state index contributed by atoms with van der Waals surface area (Å²) in [5, 5.41) is 14.1. The third-order valence-corrected chi connectivity index (χ3v) is 5.71. The van der Waals surface area contributed by atoms with Crippen LogP contribution in [0.3, 0.4) is 0 Å². The van der Waals surface area contributed by atoms with Crippen LogP contribution in [0.5, 0.6) is 5.75 Å². The zero-order chi connectivity index (χ0) is 17.4. The number of aromatic amines is 1. The summed E-state index contributed by atoms with van der Waals surface area (Å²) >= 11 is 1.42. The van der Waals surface area contributed by atoms with E-state index in [0.29, 0.717) is 4.70 Å². The topological polar surface area (TPSA) is 82.3 Å². The molecule has 0 spiro atoms. The molecule has 0 radical (unpaired) electrons. The van der Waals surface area contributed by atoms with Crippen molar-refractivity contribution in [1.82, 2.24) is 9.88 Å². The molecule has 1 aliphatic heterocycles. The summed E-state index contributed by atoms with van der Waals surface area (Å²) in [6.45, 7) is 2.77. The van der Waals surface area contributed by atoms with Crippen molar-refractivity contribution in [3.8, 4) is 5.75 Å². The van der Waals surface area contributed by atoms with E-state index in [4.69, 9.17) is 5.73 Å². The molecule has 0 amide bonds. The molecule has 3 heterocycles. The van der Waals surface area contributed by atoms with Gasteiger partial charge in [-0.2, -0.15) is 0 Å². The summed E-state index contributed by atoms with van der Waals surface area (Å²) in [6, 6.07) is 5.58. The number of nitrogens with one attached hydrogen (secondary N) is 1. The monoisotopic (exact) mass is 371 g/mol. The Labute approximate surface area is 156 Å². The van der Waals surface area contributed by atoms with E-state index in [1.165, 1.54) is 11.3 Å². The molecular weight excluding hydrogens is 346 g/mol. The van der Waals surface area contributed by atoms with E-state index in [1.54, 1.807) is 12.1 Å². The first-order valence-electron chi connectivity index (χ1n) is 8.53. The average Bonchev–Trinajstić information content (AvgIpc) is 3.08. The van der Waals surface area contributed by atoms with Gasteiger partial charge in [-0.15, -0.1) is 11.3 Å². The summed E-state index contributed by atoms with van der Waals surface area (Å²) in [7, 11) is 0. The van der Waals surface area contributed by atoms with Gasteiger partial charge in [0.05, 0.1) is 0 Å². The lowest BCUT2D eigenvalue weighted by Crippen LogP contribution is -2.42. The maximum Gasteiger partial charge on any atom is 0.266 e. The van der Waals surface area contributed by atoms with Crippen molar-refractivity contribution in [3.63, 3.8) is 0 Å². The number of pyridine rings is 1. The van der Waals surface area contributed by atoms with Crippen LogP contribution in [-0.4, -0.2) is 40.7 Å². The van der Waals surface area contributed by atoms with Gasteiger partial charge in [0.2, 0.25) is 0 Å². The smallest absolute Gasteiger partial charge is 0.266 e. The normalized spacial score (nSPS) is 18.6. The minimum Gasteiger partial charge on any atom is -0.507 e. The van der Waals surface area contributed by atoms with Crippen molar-refractivity contribution in [2.45, 2.75) is 26.3 Å². The van der Waals surface area contributed by atoms with Crippen LogP contribution >= 0.6 is 11.3 Å². The number of benzene rings is 1. The Kier molecular flexibility index (Phi) is 5.46. The van der Waals surface area contributed by atoms with E-state index < -0.39 is 0 Å². The largest absolute Gasteiger partial charge is 0.507 e. The summed E-state index contributed by atoms with van der Waals surface area (Å²) in [5.74, 6) is 0.221. The fraction of sp³-hybridized carbons (Fsp3) is 0.350. The van der Waals surface area contributed by atoms with E-state index in [0.717, 1.165) is 54.3 Å². The van der Waals surface area contributed by atoms with E-state index >= 15 is 0 Å². The van der Waals surface area contributed by atoms with Crippen molar-refractivity contribution in [1.29, 1.82) is 0 Å². The zero-order valence-corrected chi connectivity index (χ0v) is 14.7. The molecule has 4 N–H and O–H groups in total. The van der Waals surface area contributed by atoms with Gasteiger partial charge < -0.3 is 15.8 Å². The SMILES string of the molecule is C.NC1CCCN(C/C=C/c2c(O)ccc3[nH]c(=O)c4sccc4c23)C1. The molecular formula is C20H25N3O2S. The highest BCUT2D eigenvalue weighted by Crippen LogP contribution is 2.33. The summed E-state index contributed by atoms with van der Waals surface area (Å²) in [6.07, 6.45) is 6.24. The molecule has 4 rings (SSSR count). The predicted octanol–water partition coefficient (Wildman–Crippen LogP) is 3.52. The maximum atomic E-state index is 12.2. The van der Waals surface area contributed by atoms with Gasteiger partial charge in [0.25, 0.3) is 5.56 Å². The van der Waals surface area contributed by atoms with Gasteiger partial charge in [-0.05, 0) is 43.0 Å². The number of hydrogen-bond donors (Lipinski definition) is 3. The van der Waals surface area contributed by atoms with Crippen molar-refractivity contribution < 1.29 is 5.11 Å². The number of H-pyrrole nitrogens is 1. The van der Waals surface area contributed by atoms with Crippen LogP contribution in [0, 0.1) is 0 Å². The number of likely N-dealkylation sites (tertiary alicyclic amines) is 1. The van der Waals surface area contributed by atoms with Crippen LogP contribution in [0.2, 0.25) is 0 Å². The Morgan fingerprint density at radius 2 is 2.23 bits per heavy atom. The van der Waals surface area contributed by atoms with Crippen LogP contribution in [0.1, 0.15) is 25.8 Å². The second kappa shape index (κ2) is 7.61. The maximum absolute atomic E-state index is 12.2. The van der Waals surface area contributed by atoms with E-state index in [1.807, 2.05) is 17.5 Å². The minimum atomic E-state index is -0.0829. The molecule has 1 fully saturated rings. The molecule has 1 atom stereocenters. The van der Waals surface area contributed by atoms with Gasteiger partial charge in [-0.25, -0.2) is 0 Å². The van der Waals surface area contributed by atoms with Crippen LogP contribution in [-0.2, 0) is 0 Å². The lowest BCUT2D eigenvalue weighted by Gasteiger charge is -2.29. The average molecular weight is 372 g/mol. The summed E-state index contributed by atoms with van der Waals surface area (Å²) in [5.41, 5.74) is 7.44. The molecule has 2 aromatic heterocycles. The van der Waals surface area contributed by atoms with Gasteiger partial charge >= 0.3 is 0 Å². The number of fused-ring (bicyclic) bond motifs is 3. The first-order valence-corrected chi connectivity index (χ1v) is 9.41. The Morgan fingerprint density at radius 3 is 3.04 bits per heavy atom. The van der Waals surface area contributed by atoms with Crippen LogP contribution < -0.4 is 11.3 Å². The zero-order valence-electron chi connectivity index (χ0n) is 13.9. The van der Waals surface area contributed by atoms with Crippen molar-refractivity contribution >= 4 is 38.4 Å². The van der Waals surface area contributed by atoms with Crippen LogP contribution in [0.15, 0.2) is 34.4 Å². The quantitative estimate of drug-likeness (QED) is 0.658. The number of nitrogens with zero attached hydrogens (tertiary/aromatic N) is 1. The molecule has 26 heavy (non-hydrogen) atoms. The molecule has 1 saturated heterocycles. The molecule has 0 saturated carbocycles. The van der Waals surface area contributed by atoms with Gasteiger partial charge in [-0.3, -0.25) is 9.69 Å². The number of hydrogen-bond acceptors (Lipinski definition) is 5. The highest BCUT2D eigenvalue weighted by Gasteiger charge is 2.15. The first-order chi connectivity index (χ1) is 12.1. The molecule has 3 aromatic rings. The molecule has 1 aromatic carbocycles. The van der Waals surface area contributed by atoms with E-state index in [9.17, 15) is 9.90 Å². The Hall–Kier alpha value is -2.15. The lowest BCUT2D eigenvalue weighted by atomic mass is 10.0. The van der Waals surface area contributed by atoms with Gasteiger partial charge in [0.15, 0.2) is 0 Å². The lowest BCUT2D eigenvalue weighted by molar-refractivity contribution is 0.229. The summed E-state index contributed by atoms with van der Waals surface area (Å²) < 4.78 is 0.690. The fourth-order valence-corrected chi connectivity index (χ4v) is 4.40. The molecule has 6 heteroatoms. The Bertz CT molecular complexity index is 1010. The third-order valence-electron chi connectivity index (χ3n) is 4.80. The van der Waals surface area contributed by atoms with E-state index in [-0.39, 0.29) is 24.8 Å². The molecule has 0 aliphatic carbocycles. The number of nitrogens with two attached hydrogens (primary N) is 1. The van der Waals surface area contributed by atoms with Crippen LogP contribution in [0.4, 0.5) is 0 Å². The first kappa shape index (κ1) is 18.6. The van der Waals surface area contributed by atoms with Gasteiger partial charge in [0.1, 0.15) is 10.4 Å². The van der Waals surface area contributed by atoms with Gasteiger partial charge in [0, 0.05) is 41.0 Å². The van der Waals surface area contributed by atoms with Gasteiger partial charge in [-0.1, -0.05) is 19.6 Å². The molecule has 138 valence electrons. The molecule has 1 unspecified atom stereocenters. The number of phenolic OH excluding ortho intramolecular Hbond substituents is 1. The highest BCUT2D eigenvalue weighted by atomic mass is 32.1. The van der Waals surface area contributed by atoms with Crippen molar-refractivity contribution in [2.75, 3.05) is 19.6 Å². The van der Waals surface area contributed by atoms with Crippen molar-refractivity contribution in [3.05, 3.63) is 45.6 Å². The predicted molar refractivity (Wildman–Crippen MR) is 111 cm³/mol. The molecule has 5 nitrogen and oxygen atoms in total. The van der Waals surface area contributed by atoms with E-state index in [2.05, 4.69) is 16.0 Å². The highest BCUT2D eigenvalue weighted by molar-refractivity contribution is 7.17. The Balaban J connectivity index is 0.00000196. The number of phenols is 1. The number of rotatable bonds is 3. The minimum absolute atomic E-state index is 0. The van der Waals surface area contributed by atoms with Crippen molar-refractivity contribution in [2.24, 2.45) is 5.73 Å². The Morgan fingerprint density at radius 1 is 1.38 bits per heavy atom. The third kappa shape index (κ3) is 3.40. The number of thiophene rings is 1. The molecule has 0 bridgehead atoms.